The Morgan fingerprint density at radius 1 is 1.17 bits per heavy atom. The summed E-state index contributed by atoms with van der Waals surface area (Å²) in [4.78, 5) is 22.6. The number of piperazine rings is 1. The van der Waals surface area contributed by atoms with E-state index in [2.05, 4.69) is 59.4 Å². The Bertz CT molecular complexity index is 850. The lowest BCUT2D eigenvalue weighted by molar-refractivity contribution is -0.133. The van der Waals surface area contributed by atoms with Crippen LogP contribution in [0, 0.1) is 6.92 Å². The number of nitrogens with zero attached hydrogens (tertiary/aromatic N) is 4. The molecular formula is C24H34N4O. The van der Waals surface area contributed by atoms with Crippen LogP contribution < -0.4 is 0 Å². The highest BCUT2D eigenvalue weighted by Crippen LogP contribution is 2.35. The van der Waals surface area contributed by atoms with Gasteiger partial charge < -0.3 is 14.4 Å². The number of carbonyl (C=O) groups excluding carboxylic acids is 1. The standard InChI is InChI=1S/C24H34N4O/c1-4-26-12-14-27(15-13-26)23(29)16-21(20-10-6-5-8-18(20)2)22-17-25-24-19(3)9-7-11-28(22)24/h5-6,8,10,17,19,21H,4,7,9,11-16H2,1-3H3. The summed E-state index contributed by atoms with van der Waals surface area (Å²) in [5.74, 6) is 2.02. The van der Waals surface area contributed by atoms with Gasteiger partial charge in [0.15, 0.2) is 0 Å². The Hall–Kier alpha value is -2.14. The Labute approximate surface area is 174 Å². The number of hydrogen-bond acceptors (Lipinski definition) is 3. The molecule has 4 rings (SSSR count). The zero-order chi connectivity index (χ0) is 20.4. The predicted molar refractivity (Wildman–Crippen MR) is 116 cm³/mol. The maximum atomic E-state index is 13.3. The maximum Gasteiger partial charge on any atom is 0.223 e. The zero-order valence-corrected chi connectivity index (χ0v) is 18.1. The van der Waals surface area contributed by atoms with Crippen LogP contribution in [0.15, 0.2) is 30.5 Å². The van der Waals surface area contributed by atoms with Crippen molar-refractivity contribution in [3.63, 3.8) is 0 Å². The quantitative estimate of drug-likeness (QED) is 0.775. The minimum atomic E-state index is 0.0689. The minimum Gasteiger partial charge on any atom is -0.340 e. The van der Waals surface area contributed by atoms with E-state index in [1.165, 1.54) is 35.5 Å². The van der Waals surface area contributed by atoms with E-state index in [1.54, 1.807) is 0 Å². The molecule has 0 aliphatic carbocycles. The number of carbonyl (C=O) groups is 1. The van der Waals surface area contributed by atoms with Gasteiger partial charge in [-0.3, -0.25) is 4.79 Å². The maximum absolute atomic E-state index is 13.3. The van der Waals surface area contributed by atoms with E-state index in [1.807, 2.05) is 6.20 Å². The smallest absolute Gasteiger partial charge is 0.223 e. The molecule has 1 amide bonds. The first-order valence-electron chi connectivity index (χ1n) is 11.2. The van der Waals surface area contributed by atoms with Gasteiger partial charge in [-0.15, -0.1) is 0 Å². The van der Waals surface area contributed by atoms with Crippen molar-refractivity contribution in [2.45, 2.75) is 58.4 Å². The molecule has 2 aliphatic heterocycles. The molecular weight excluding hydrogens is 360 g/mol. The summed E-state index contributed by atoms with van der Waals surface area (Å²) in [6.45, 7) is 12.3. The molecule has 0 bridgehead atoms. The van der Waals surface area contributed by atoms with Gasteiger partial charge >= 0.3 is 0 Å². The molecule has 3 heterocycles. The Morgan fingerprint density at radius 2 is 1.93 bits per heavy atom. The first-order chi connectivity index (χ1) is 14.1. The average molecular weight is 395 g/mol. The molecule has 2 aliphatic rings. The molecule has 0 N–H and O–H groups in total. The van der Waals surface area contributed by atoms with Crippen molar-refractivity contribution in [3.05, 3.63) is 53.1 Å². The molecule has 0 saturated carbocycles. The van der Waals surface area contributed by atoms with Crippen LogP contribution in [-0.2, 0) is 11.3 Å². The molecule has 2 atom stereocenters. The first kappa shape index (κ1) is 20.1. The number of fused-ring (bicyclic) bond motifs is 1. The van der Waals surface area contributed by atoms with Crippen molar-refractivity contribution in [2.24, 2.45) is 0 Å². The summed E-state index contributed by atoms with van der Waals surface area (Å²) in [6.07, 6.45) is 4.95. The number of rotatable bonds is 5. The van der Waals surface area contributed by atoms with Gasteiger partial charge in [0.1, 0.15) is 5.82 Å². The normalized spacial score (nSPS) is 21.1. The van der Waals surface area contributed by atoms with Gasteiger partial charge in [-0.2, -0.15) is 0 Å². The van der Waals surface area contributed by atoms with Crippen molar-refractivity contribution < 1.29 is 4.79 Å². The van der Waals surface area contributed by atoms with Crippen LogP contribution in [-0.4, -0.2) is 58.0 Å². The van der Waals surface area contributed by atoms with Gasteiger partial charge in [-0.05, 0) is 37.4 Å². The number of benzene rings is 1. The van der Waals surface area contributed by atoms with Crippen LogP contribution in [0.4, 0.5) is 0 Å². The summed E-state index contributed by atoms with van der Waals surface area (Å²) < 4.78 is 2.40. The lowest BCUT2D eigenvalue weighted by Crippen LogP contribution is -2.48. The Balaban J connectivity index is 1.62. The molecule has 1 saturated heterocycles. The highest BCUT2D eigenvalue weighted by atomic mass is 16.2. The topological polar surface area (TPSA) is 41.4 Å². The summed E-state index contributed by atoms with van der Waals surface area (Å²) in [5, 5.41) is 0. The molecule has 2 aromatic rings. The van der Waals surface area contributed by atoms with Crippen LogP contribution in [0.1, 0.15) is 67.6 Å². The fraction of sp³-hybridized carbons (Fsp3) is 0.583. The van der Waals surface area contributed by atoms with Gasteiger partial charge in [-0.25, -0.2) is 4.98 Å². The molecule has 1 aromatic carbocycles. The van der Waals surface area contributed by atoms with E-state index in [0.29, 0.717) is 12.3 Å². The second-order valence-corrected chi connectivity index (χ2v) is 8.66. The molecule has 0 spiro atoms. The van der Waals surface area contributed by atoms with Crippen molar-refractivity contribution in [1.82, 2.24) is 19.4 Å². The van der Waals surface area contributed by atoms with Gasteiger partial charge in [0.2, 0.25) is 5.91 Å². The monoisotopic (exact) mass is 394 g/mol. The molecule has 29 heavy (non-hydrogen) atoms. The fourth-order valence-electron chi connectivity index (χ4n) is 4.97. The zero-order valence-electron chi connectivity index (χ0n) is 18.1. The molecule has 1 fully saturated rings. The third kappa shape index (κ3) is 4.11. The number of aryl methyl sites for hydroxylation is 1. The average Bonchev–Trinajstić information content (AvgIpc) is 3.18. The lowest BCUT2D eigenvalue weighted by atomic mass is 9.88. The fourth-order valence-corrected chi connectivity index (χ4v) is 4.97. The van der Waals surface area contributed by atoms with Crippen LogP contribution in [0.25, 0.3) is 0 Å². The van der Waals surface area contributed by atoms with Crippen LogP contribution >= 0.6 is 0 Å². The summed E-state index contributed by atoms with van der Waals surface area (Å²) in [7, 11) is 0. The largest absolute Gasteiger partial charge is 0.340 e. The second kappa shape index (κ2) is 8.70. The predicted octanol–water partition coefficient (Wildman–Crippen LogP) is 3.77. The van der Waals surface area contributed by atoms with Gasteiger partial charge in [-0.1, -0.05) is 38.1 Å². The first-order valence-corrected chi connectivity index (χ1v) is 11.2. The van der Waals surface area contributed by atoms with E-state index in [9.17, 15) is 4.79 Å². The third-order valence-corrected chi connectivity index (χ3v) is 6.85. The SMILES string of the molecule is CCN1CCN(C(=O)CC(c2ccccc2C)c2cnc3n2CCCC3C)CC1. The second-order valence-electron chi connectivity index (χ2n) is 8.66. The number of aromatic nitrogens is 2. The lowest BCUT2D eigenvalue weighted by Gasteiger charge is -2.35. The summed E-state index contributed by atoms with van der Waals surface area (Å²) >= 11 is 0. The molecule has 1 aromatic heterocycles. The van der Waals surface area contributed by atoms with Gasteiger partial charge in [0.25, 0.3) is 0 Å². The van der Waals surface area contributed by atoms with Gasteiger partial charge in [0.05, 0.1) is 0 Å². The Morgan fingerprint density at radius 3 is 2.66 bits per heavy atom. The van der Waals surface area contributed by atoms with Crippen LogP contribution in [0.2, 0.25) is 0 Å². The van der Waals surface area contributed by atoms with E-state index in [4.69, 9.17) is 4.98 Å². The highest BCUT2D eigenvalue weighted by Gasteiger charge is 2.30. The summed E-state index contributed by atoms with van der Waals surface area (Å²) in [5.41, 5.74) is 3.72. The highest BCUT2D eigenvalue weighted by molar-refractivity contribution is 5.78. The van der Waals surface area contributed by atoms with Crippen LogP contribution in [0.5, 0.6) is 0 Å². The van der Waals surface area contributed by atoms with E-state index >= 15 is 0 Å². The molecule has 5 nitrogen and oxygen atoms in total. The van der Waals surface area contributed by atoms with Crippen LogP contribution in [0.3, 0.4) is 0 Å². The third-order valence-electron chi connectivity index (χ3n) is 6.85. The van der Waals surface area contributed by atoms with Crippen molar-refractivity contribution in [3.8, 4) is 0 Å². The number of imidazole rings is 1. The summed E-state index contributed by atoms with van der Waals surface area (Å²) in [6, 6.07) is 8.52. The van der Waals surface area contributed by atoms with Gasteiger partial charge in [0, 0.05) is 62.9 Å². The molecule has 2 unspecified atom stereocenters. The van der Waals surface area contributed by atoms with Crippen molar-refractivity contribution in [1.29, 1.82) is 0 Å². The molecule has 156 valence electrons. The number of likely N-dealkylation sites (N-methyl/N-ethyl adjacent to an activating group) is 1. The molecule has 5 heteroatoms. The number of hydrogen-bond donors (Lipinski definition) is 0. The Kier molecular flexibility index (Phi) is 6.04. The number of amides is 1. The van der Waals surface area contributed by atoms with E-state index < -0.39 is 0 Å². The van der Waals surface area contributed by atoms with Crippen molar-refractivity contribution >= 4 is 5.91 Å². The molecule has 0 radical (unpaired) electrons. The minimum absolute atomic E-state index is 0.0689. The van der Waals surface area contributed by atoms with E-state index in [-0.39, 0.29) is 11.8 Å². The van der Waals surface area contributed by atoms with E-state index in [0.717, 1.165) is 39.3 Å². The van der Waals surface area contributed by atoms with Crippen molar-refractivity contribution in [2.75, 3.05) is 32.7 Å².